The molecule has 1 atom stereocenters. The molecule has 1 unspecified atom stereocenters. The molecule has 0 aromatic heterocycles. The molecule has 0 aromatic carbocycles. The predicted molar refractivity (Wildman–Crippen MR) is 66.6 cm³/mol. The molecule has 0 radical (unpaired) electrons. The topological polar surface area (TPSA) is 61.4 Å². The third kappa shape index (κ3) is 5.68. The van der Waals surface area contributed by atoms with Crippen LogP contribution in [-0.2, 0) is 9.59 Å². The first-order valence-corrected chi connectivity index (χ1v) is 6.37. The fraction of sp³-hybridized carbons (Fsp3) is 0.833. The summed E-state index contributed by atoms with van der Waals surface area (Å²) in [6.45, 7) is 6.94. The molecule has 1 saturated heterocycles. The lowest BCUT2D eigenvalue weighted by atomic mass is 10.1. The lowest BCUT2D eigenvalue weighted by Crippen LogP contribution is -2.46. The normalized spacial score (nSPS) is 18.5. The van der Waals surface area contributed by atoms with Crippen LogP contribution >= 0.6 is 0 Å². The second-order valence-corrected chi connectivity index (χ2v) is 4.62. The lowest BCUT2D eigenvalue weighted by Gasteiger charge is -2.26. The minimum atomic E-state index is -0.450. The van der Waals surface area contributed by atoms with E-state index in [9.17, 15) is 9.59 Å². The van der Waals surface area contributed by atoms with Crippen LogP contribution < -0.4 is 10.6 Å². The zero-order valence-electron chi connectivity index (χ0n) is 10.8. The molecule has 1 aliphatic heterocycles. The van der Waals surface area contributed by atoms with Crippen molar-refractivity contribution in [3.8, 4) is 0 Å². The Labute approximate surface area is 103 Å². The van der Waals surface area contributed by atoms with Gasteiger partial charge in [-0.05, 0) is 32.9 Å². The average molecular weight is 241 g/mol. The van der Waals surface area contributed by atoms with Crippen LogP contribution in [0.25, 0.3) is 0 Å². The summed E-state index contributed by atoms with van der Waals surface area (Å²) in [7, 11) is 0. The Bertz CT molecular complexity index is 262. The summed E-state index contributed by atoms with van der Waals surface area (Å²) in [5.41, 5.74) is 0. The number of amides is 2. The Morgan fingerprint density at radius 3 is 2.47 bits per heavy atom. The van der Waals surface area contributed by atoms with Gasteiger partial charge >= 0.3 is 0 Å². The highest BCUT2D eigenvalue weighted by Crippen LogP contribution is 2.07. The molecule has 1 aliphatic rings. The maximum Gasteiger partial charge on any atom is 0.242 e. The van der Waals surface area contributed by atoms with Crippen molar-refractivity contribution in [2.45, 2.75) is 39.2 Å². The second kappa shape index (κ2) is 7.27. The Morgan fingerprint density at radius 2 is 1.88 bits per heavy atom. The quantitative estimate of drug-likeness (QED) is 0.718. The molecule has 5 nitrogen and oxygen atoms in total. The van der Waals surface area contributed by atoms with Crippen LogP contribution in [0.3, 0.4) is 0 Å². The Balaban J connectivity index is 2.12. The molecule has 2 N–H and O–H groups in total. The van der Waals surface area contributed by atoms with E-state index in [1.54, 1.807) is 6.92 Å². The molecule has 1 fully saturated rings. The first kappa shape index (κ1) is 14.0. The molecule has 0 aromatic rings. The molecule has 1 rings (SSSR count). The molecule has 1 heterocycles. The Morgan fingerprint density at radius 1 is 1.24 bits per heavy atom. The number of carbonyl (C=O) groups excluding carboxylic acids is 2. The first-order valence-electron chi connectivity index (χ1n) is 6.37. The molecule has 98 valence electrons. The van der Waals surface area contributed by atoms with Gasteiger partial charge in [-0.3, -0.25) is 9.59 Å². The Kier molecular flexibility index (Phi) is 5.97. The average Bonchev–Trinajstić information content (AvgIpc) is 2.29. The van der Waals surface area contributed by atoms with Crippen LogP contribution in [0.4, 0.5) is 0 Å². The highest BCUT2D eigenvalue weighted by Gasteiger charge is 2.14. The van der Waals surface area contributed by atoms with E-state index in [4.69, 9.17) is 0 Å². The van der Waals surface area contributed by atoms with Gasteiger partial charge < -0.3 is 15.5 Å². The monoisotopic (exact) mass is 241 g/mol. The summed E-state index contributed by atoms with van der Waals surface area (Å²) in [5, 5.41) is 5.41. The summed E-state index contributed by atoms with van der Waals surface area (Å²) in [6.07, 6.45) is 3.84. The third-order valence-corrected chi connectivity index (χ3v) is 2.99. The minimum absolute atomic E-state index is 0.114. The van der Waals surface area contributed by atoms with Gasteiger partial charge in [-0.1, -0.05) is 6.42 Å². The van der Waals surface area contributed by atoms with Gasteiger partial charge in [0.25, 0.3) is 0 Å². The first-order chi connectivity index (χ1) is 8.09. The van der Waals surface area contributed by atoms with Crippen LogP contribution in [-0.4, -0.2) is 48.9 Å². The van der Waals surface area contributed by atoms with Crippen molar-refractivity contribution in [2.24, 2.45) is 0 Å². The number of nitrogens with one attached hydrogen (secondary N) is 2. The molecule has 0 bridgehead atoms. The Hall–Kier alpha value is -1.10. The molecule has 5 heteroatoms. The molecular weight excluding hydrogens is 218 g/mol. The standard InChI is InChI=1S/C12H23N3O2/c1-10(14-11(2)16)12(17)13-6-9-15-7-4-3-5-8-15/h10H,3-9H2,1-2H3,(H,13,17)(H,14,16). The van der Waals surface area contributed by atoms with Gasteiger partial charge in [0.1, 0.15) is 6.04 Å². The molecule has 0 spiro atoms. The third-order valence-electron chi connectivity index (χ3n) is 2.99. The highest BCUT2D eigenvalue weighted by molar-refractivity contribution is 5.86. The van der Waals surface area contributed by atoms with Crippen molar-refractivity contribution >= 4 is 11.8 Å². The summed E-state index contributed by atoms with van der Waals surface area (Å²) < 4.78 is 0. The SMILES string of the molecule is CC(=O)NC(C)C(=O)NCCN1CCCCC1. The molecule has 17 heavy (non-hydrogen) atoms. The van der Waals surface area contributed by atoms with Gasteiger partial charge in [-0.15, -0.1) is 0 Å². The summed E-state index contributed by atoms with van der Waals surface area (Å²) in [5.74, 6) is -0.291. The van der Waals surface area contributed by atoms with E-state index >= 15 is 0 Å². The van der Waals surface area contributed by atoms with Gasteiger partial charge in [0.2, 0.25) is 11.8 Å². The number of piperidine rings is 1. The zero-order valence-corrected chi connectivity index (χ0v) is 10.8. The van der Waals surface area contributed by atoms with E-state index < -0.39 is 6.04 Å². The number of rotatable bonds is 5. The van der Waals surface area contributed by atoms with Gasteiger partial charge in [0, 0.05) is 20.0 Å². The van der Waals surface area contributed by atoms with Crippen molar-refractivity contribution in [3.05, 3.63) is 0 Å². The van der Waals surface area contributed by atoms with Crippen molar-refractivity contribution in [3.63, 3.8) is 0 Å². The van der Waals surface area contributed by atoms with Gasteiger partial charge in [0.05, 0.1) is 0 Å². The fourth-order valence-corrected chi connectivity index (χ4v) is 2.04. The van der Waals surface area contributed by atoms with Crippen LogP contribution in [0.1, 0.15) is 33.1 Å². The molecule has 0 saturated carbocycles. The van der Waals surface area contributed by atoms with E-state index in [-0.39, 0.29) is 11.8 Å². The maximum absolute atomic E-state index is 11.6. The summed E-state index contributed by atoms with van der Waals surface area (Å²) >= 11 is 0. The van der Waals surface area contributed by atoms with E-state index in [0.29, 0.717) is 6.54 Å². The maximum atomic E-state index is 11.6. The minimum Gasteiger partial charge on any atom is -0.353 e. The molecule has 0 aliphatic carbocycles. The molecular formula is C12H23N3O2. The van der Waals surface area contributed by atoms with Crippen LogP contribution in [0.15, 0.2) is 0 Å². The van der Waals surface area contributed by atoms with E-state index in [0.717, 1.165) is 19.6 Å². The zero-order chi connectivity index (χ0) is 12.7. The largest absolute Gasteiger partial charge is 0.353 e. The van der Waals surface area contributed by atoms with E-state index in [1.807, 2.05) is 0 Å². The number of hydrogen-bond acceptors (Lipinski definition) is 3. The smallest absolute Gasteiger partial charge is 0.242 e. The number of hydrogen-bond donors (Lipinski definition) is 2. The van der Waals surface area contributed by atoms with Crippen LogP contribution in [0, 0.1) is 0 Å². The highest BCUT2D eigenvalue weighted by atomic mass is 16.2. The van der Waals surface area contributed by atoms with Crippen molar-refractivity contribution < 1.29 is 9.59 Å². The predicted octanol–water partition coefficient (Wildman–Crippen LogP) is 0.113. The summed E-state index contributed by atoms with van der Waals surface area (Å²) in [4.78, 5) is 24.7. The van der Waals surface area contributed by atoms with Crippen LogP contribution in [0.5, 0.6) is 0 Å². The van der Waals surface area contributed by atoms with Crippen molar-refractivity contribution in [1.82, 2.24) is 15.5 Å². The molecule has 2 amide bonds. The van der Waals surface area contributed by atoms with E-state index in [1.165, 1.54) is 26.2 Å². The van der Waals surface area contributed by atoms with Crippen molar-refractivity contribution in [2.75, 3.05) is 26.2 Å². The lowest BCUT2D eigenvalue weighted by molar-refractivity contribution is -0.127. The number of likely N-dealkylation sites (tertiary alicyclic amines) is 1. The number of carbonyl (C=O) groups is 2. The van der Waals surface area contributed by atoms with Crippen LogP contribution in [0.2, 0.25) is 0 Å². The summed E-state index contributed by atoms with van der Waals surface area (Å²) in [6, 6.07) is -0.450. The van der Waals surface area contributed by atoms with Crippen molar-refractivity contribution in [1.29, 1.82) is 0 Å². The van der Waals surface area contributed by atoms with Gasteiger partial charge in [0.15, 0.2) is 0 Å². The van der Waals surface area contributed by atoms with E-state index in [2.05, 4.69) is 15.5 Å². The van der Waals surface area contributed by atoms with Gasteiger partial charge in [-0.25, -0.2) is 0 Å². The number of nitrogens with zero attached hydrogens (tertiary/aromatic N) is 1. The van der Waals surface area contributed by atoms with Gasteiger partial charge in [-0.2, -0.15) is 0 Å². The second-order valence-electron chi connectivity index (χ2n) is 4.62. The fourth-order valence-electron chi connectivity index (χ4n) is 2.04.